The molecule has 0 bridgehead atoms. The second kappa shape index (κ2) is 8.83. The number of benzene rings is 1. The molecule has 1 aromatic rings. The van der Waals surface area contributed by atoms with Gasteiger partial charge < -0.3 is 14.4 Å². The lowest BCUT2D eigenvalue weighted by molar-refractivity contribution is -0.126. The van der Waals surface area contributed by atoms with Crippen molar-refractivity contribution in [3.8, 4) is 11.5 Å². The zero-order valence-electron chi connectivity index (χ0n) is 14.9. The Morgan fingerprint density at radius 3 is 2.64 bits per heavy atom. The number of carbonyl (C=O) groups excluding carboxylic acids is 1. The molecule has 0 spiro atoms. The largest absolute Gasteiger partial charge is 0.493 e. The summed E-state index contributed by atoms with van der Waals surface area (Å²) in [4.78, 5) is 14.4. The third-order valence-electron chi connectivity index (χ3n) is 4.06. The molecule has 1 aliphatic carbocycles. The van der Waals surface area contributed by atoms with Crippen LogP contribution in [-0.4, -0.2) is 37.1 Å². The first kappa shape index (κ1) is 19.2. The number of carbonyl (C=O) groups is 1. The summed E-state index contributed by atoms with van der Waals surface area (Å²) < 4.78 is 34.9. The van der Waals surface area contributed by atoms with Crippen LogP contribution in [-0.2, 0) is 4.79 Å². The van der Waals surface area contributed by atoms with E-state index >= 15 is 0 Å². The fourth-order valence-corrected chi connectivity index (χ4v) is 2.55. The number of hydrogen-bond donors (Lipinski definition) is 0. The van der Waals surface area contributed by atoms with E-state index in [2.05, 4.69) is 18.6 Å². The Hall–Kier alpha value is -2.11. The van der Waals surface area contributed by atoms with Gasteiger partial charge in [-0.05, 0) is 37.3 Å². The van der Waals surface area contributed by atoms with Crippen molar-refractivity contribution in [2.45, 2.75) is 45.8 Å². The molecule has 0 N–H and O–H groups in total. The van der Waals surface area contributed by atoms with Crippen molar-refractivity contribution in [3.05, 3.63) is 29.8 Å². The molecule has 6 heteroatoms. The van der Waals surface area contributed by atoms with E-state index in [1.54, 1.807) is 12.1 Å². The van der Waals surface area contributed by atoms with Crippen LogP contribution in [0.4, 0.5) is 8.78 Å². The molecule has 1 aliphatic rings. The predicted octanol–water partition coefficient (Wildman–Crippen LogP) is 4.35. The first-order valence-electron chi connectivity index (χ1n) is 8.52. The van der Waals surface area contributed by atoms with Crippen molar-refractivity contribution < 1.29 is 23.0 Å². The summed E-state index contributed by atoms with van der Waals surface area (Å²) in [5.41, 5.74) is 0.382. The molecular weight excluding hydrogens is 328 g/mol. The fraction of sp³-hybridized carbons (Fsp3) is 0.526. The number of methoxy groups -OCH3 is 1. The Balaban J connectivity index is 2.15. The second-order valence-electron chi connectivity index (χ2n) is 6.54. The van der Waals surface area contributed by atoms with Crippen LogP contribution in [0.25, 0.3) is 6.08 Å². The van der Waals surface area contributed by atoms with Gasteiger partial charge in [-0.2, -0.15) is 8.78 Å². The lowest BCUT2D eigenvalue weighted by atomic mass is 10.1. The highest BCUT2D eigenvalue weighted by Crippen LogP contribution is 2.33. The third kappa shape index (κ3) is 5.73. The lowest BCUT2D eigenvalue weighted by Gasteiger charge is -2.22. The van der Waals surface area contributed by atoms with Crippen molar-refractivity contribution in [3.63, 3.8) is 0 Å². The van der Waals surface area contributed by atoms with Gasteiger partial charge in [0.25, 0.3) is 0 Å². The normalized spacial score (nSPS) is 14.4. The van der Waals surface area contributed by atoms with Crippen molar-refractivity contribution in [2.24, 2.45) is 5.92 Å². The van der Waals surface area contributed by atoms with Crippen LogP contribution in [0, 0.1) is 5.92 Å². The van der Waals surface area contributed by atoms with Crippen LogP contribution >= 0.6 is 0 Å². The van der Waals surface area contributed by atoms with E-state index in [0.717, 1.165) is 19.3 Å². The van der Waals surface area contributed by atoms with E-state index in [-0.39, 0.29) is 17.4 Å². The van der Waals surface area contributed by atoms with Gasteiger partial charge in [-0.1, -0.05) is 26.0 Å². The highest BCUT2D eigenvalue weighted by Gasteiger charge is 2.31. The minimum atomic E-state index is -2.96. The standard InChI is InChI=1S/C19H25F2NO3/c1-13(2)11-12-22(15-8-9-15)17(23)10-7-14-5-4-6-16(24-3)18(14)25-19(20)21/h4-7,10,13,15,19H,8-9,11-12H2,1-3H3/b10-7+. The Bertz CT molecular complexity index is 613. The van der Waals surface area contributed by atoms with Gasteiger partial charge in [-0.3, -0.25) is 4.79 Å². The third-order valence-corrected chi connectivity index (χ3v) is 4.06. The molecule has 4 nitrogen and oxygen atoms in total. The monoisotopic (exact) mass is 353 g/mol. The minimum Gasteiger partial charge on any atom is -0.493 e. The molecule has 138 valence electrons. The number of ether oxygens (including phenoxy) is 2. The molecule has 0 atom stereocenters. The SMILES string of the molecule is COc1cccc(/C=C/C(=O)N(CCC(C)C)C2CC2)c1OC(F)F. The predicted molar refractivity (Wildman–Crippen MR) is 92.9 cm³/mol. The zero-order valence-corrected chi connectivity index (χ0v) is 14.9. The van der Waals surface area contributed by atoms with Gasteiger partial charge in [0.05, 0.1) is 7.11 Å². The molecule has 1 aromatic carbocycles. The van der Waals surface area contributed by atoms with Crippen molar-refractivity contribution in [1.82, 2.24) is 4.90 Å². The summed E-state index contributed by atoms with van der Waals surface area (Å²) >= 11 is 0. The minimum absolute atomic E-state index is 0.0656. The van der Waals surface area contributed by atoms with Gasteiger partial charge >= 0.3 is 6.61 Å². The molecule has 0 aliphatic heterocycles. The maximum absolute atomic E-state index is 12.7. The molecular formula is C19H25F2NO3. The van der Waals surface area contributed by atoms with Crippen LogP contribution in [0.2, 0.25) is 0 Å². The lowest BCUT2D eigenvalue weighted by Crippen LogP contribution is -2.33. The van der Waals surface area contributed by atoms with Gasteiger partial charge in [-0.25, -0.2) is 0 Å². The number of rotatable bonds is 9. The Labute approximate surface area is 147 Å². The Kier molecular flexibility index (Phi) is 6.79. The average molecular weight is 353 g/mol. The quantitative estimate of drug-likeness (QED) is 0.620. The highest BCUT2D eigenvalue weighted by atomic mass is 19.3. The summed E-state index contributed by atoms with van der Waals surface area (Å²) in [7, 11) is 1.38. The van der Waals surface area contributed by atoms with Crippen LogP contribution in [0.3, 0.4) is 0 Å². The van der Waals surface area contributed by atoms with E-state index in [1.807, 2.05) is 4.90 Å². The van der Waals surface area contributed by atoms with Gasteiger partial charge in [-0.15, -0.1) is 0 Å². The molecule has 1 amide bonds. The molecule has 0 saturated heterocycles. The van der Waals surface area contributed by atoms with E-state index in [1.165, 1.54) is 25.3 Å². The second-order valence-corrected chi connectivity index (χ2v) is 6.54. The van der Waals surface area contributed by atoms with Crippen LogP contribution in [0.1, 0.15) is 38.7 Å². The smallest absolute Gasteiger partial charge is 0.387 e. The van der Waals surface area contributed by atoms with Gasteiger partial charge in [0.2, 0.25) is 5.91 Å². The summed E-state index contributed by atoms with van der Waals surface area (Å²) in [6.45, 7) is 1.99. The van der Waals surface area contributed by atoms with Crippen molar-refractivity contribution >= 4 is 12.0 Å². The number of nitrogens with zero attached hydrogens (tertiary/aromatic N) is 1. The molecule has 1 fully saturated rings. The van der Waals surface area contributed by atoms with Crippen LogP contribution in [0.15, 0.2) is 24.3 Å². The maximum atomic E-state index is 12.7. The van der Waals surface area contributed by atoms with Gasteiger partial charge in [0, 0.05) is 24.2 Å². The molecule has 0 unspecified atom stereocenters. The number of hydrogen-bond acceptors (Lipinski definition) is 3. The van der Waals surface area contributed by atoms with E-state index < -0.39 is 6.61 Å². The van der Waals surface area contributed by atoms with E-state index in [9.17, 15) is 13.6 Å². The van der Waals surface area contributed by atoms with E-state index in [0.29, 0.717) is 24.1 Å². The van der Waals surface area contributed by atoms with Crippen LogP contribution < -0.4 is 9.47 Å². The van der Waals surface area contributed by atoms with Crippen LogP contribution in [0.5, 0.6) is 11.5 Å². The number of alkyl halides is 2. The maximum Gasteiger partial charge on any atom is 0.387 e. The Morgan fingerprint density at radius 2 is 2.08 bits per heavy atom. The number of para-hydroxylation sites is 1. The Morgan fingerprint density at radius 1 is 1.36 bits per heavy atom. The average Bonchev–Trinajstić information content (AvgIpc) is 3.38. The van der Waals surface area contributed by atoms with Gasteiger partial charge in [0.1, 0.15) is 0 Å². The molecule has 2 rings (SSSR count). The van der Waals surface area contributed by atoms with Gasteiger partial charge in [0.15, 0.2) is 11.5 Å². The van der Waals surface area contributed by atoms with Crippen molar-refractivity contribution in [1.29, 1.82) is 0 Å². The molecule has 1 saturated carbocycles. The fourth-order valence-electron chi connectivity index (χ4n) is 2.55. The molecule has 0 aromatic heterocycles. The number of halogens is 2. The summed E-state index contributed by atoms with van der Waals surface area (Å²) in [5.74, 6) is 0.550. The summed E-state index contributed by atoms with van der Waals surface area (Å²) in [6, 6.07) is 5.12. The molecule has 0 radical (unpaired) electrons. The first-order valence-corrected chi connectivity index (χ1v) is 8.52. The highest BCUT2D eigenvalue weighted by molar-refractivity contribution is 5.92. The topological polar surface area (TPSA) is 38.8 Å². The van der Waals surface area contributed by atoms with Crippen molar-refractivity contribution in [2.75, 3.05) is 13.7 Å². The molecule has 0 heterocycles. The molecule has 25 heavy (non-hydrogen) atoms. The summed E-state index contributed by atoms with van der Waals surface area (Å²) in [5, 5.41) is 0. The van der Waals surface area contributed by atoms with E-state index in [4.69, 9.17) is 4.74 Å². The first-order chi connectivity index (χ1) is 11.9. The zero-order chi connectivity index (χ0) is 18.4. The summed E-state index contributed by atoms with van der Waals surface area (Å²) in [6.07, 6.45) is 5.92. The number of amides is 1.